The number of nitrogens with two attached hydrogens (primary N) is 1. The number of hydrogen-bond donors (Lipinski definition) is 11. The molecular formula is C110H147ClN14O22. The number of benzene rings is 4. The van der Waals surface area contributed by atoms with Crippen molar-refractivity contribution in [2.45, 2.75) is 260 Å². The summed E-state index contributed by atoms with van der Waals surface area (Å²) in [5.74, 6) is -1.82. The number of aromatic nitrogens is 4. The minimum atomic E-state index is -0.969. The normalized spacial score (nSPS) is 22.6. The number of ether oxygens (including phenoxy) is 6. The lowest BCUT2D eigenvalue weighted by Gasteiger charge is -2.27. The number of halogens is 1. The molecule has 4 aromatic carbocycles. The fourth-order valence-corrected chi connectivity index (χ4v) is 21.4. The van der Waals surface area contributed by atoms with Crippen molar-refractivity contribution >= 4 is 144 Å². The highest BCUT2D eigenvalue weighted by atomic mass is 35.5. The highest BCUT2D eigenvalue weighted by molar-refractivity contribution is 6.06. The molecule has 4 aliphatic heterocycles. The molecule has 4 aromatic heterocycles. The van der Waals surface area contributed by atoms with Gasteiger partial charge in [0.25, 0.3) is 17.7 Å². The van der Waals surface area contributed by atoms with Gasteiger partial charge in [0.2, 0.25) is 29.5 Å². The topological polar surface area (TPSA) is 514 Å². The Kier molecular flexibility index (Phi) is 38.1. The maximum atomic E-state index is 13.7. The molecular weight excluding hydrogens is 1900 g/mol. The number of rotatable bonds is 27. The van der Waals surface area contributed by atoms with E-state index in [2.05, 4.69) is 136 Å². The van der Waals surface area contributed by atoms with Crippen LogP contribution < -0.4 is 51.3 Å². The van der Waals surface area contributed by atoms with Gasteiger partial charge in [0, 0.05) is 113 Å². The molecule has 147 heavy (non-hydrogen) atoms. The molecule has 8 aromatic rings. The first kappa shape index (κ1) is 114. The second kappa shape index (κ2) is 49.1. The van der Waals surface area contributed by atoms with E-state index in [1.165, 1.54) is 14.2 Å². The third-order valence-corrected chi connectivity index (χ3v) is 30.8. The number of Topliss-reactive ketones (excluding diaryl/α,β-unsaturated/α-hetero) is 4. The van der Waals surface area contributed by atoms with E-state index in [9.17, 15) is 77.2 Å². The van der Waals surface area contributed by atoms with Crippen molar-refractivity contribution in [3.63, 3.8) is 0 Å². The van der Waals surface area contributed by atoms with E-state index < -0.39 is 77.9 Å². The number of aromatic carboxylic acids is 1. The van der Waals surface area contributed by atoms with Crippen LogP contribution in [0, 0.1) is 80.3 Å². The minimum Gasteiger partial charge on any atom is -0.496 e. The predicted molar refractivity (Wildman–Crippen MR) is 555 cm³/mol. The Morgan fingerprint density at radius 3 is 0.966 bits per heavy atom. The zero-order chi connectivity index (χ0) is 106. The second-order valence-electron chi connectivity index (χ2n) is 44.3. The molecule has 0 unspecified atom stereocenters. The monoisotopic (exact) mass is 2050 g/mol. The van der Waals surface area contributed by atoms with Crippen LogP contribution in [-0.2, 0) is 62.2 Å². The fourth-order valence-electron chi connectivity index (χ4n) is 21.4. The Morgan fingerprint density at radius 2 is 0.694 bits per heavy atom. The summed E-state index contributed by atoms with van der Waals surface area (Å²) >= 11 is 0. The van der Waals surface area contributed by atoms with Crippen molar-refractivity contribution in [2.24, 2.45) is 74.7 Å². The van der Waals surface area contributed by atoms with E-state index in [-0.39, 0.29) is 153 Å². The lowest BCUT2D eigenvalue weighted by atomic mass is 9.79. The Labute approximate surface area is 863 Å². The van der Waals surface area contributed by atoms with Gasteiger partial charge in [0.05, 0.1) is 54.8 Å². The number of methoxy groups -OCH3 is 6. The minimum absolute atomic E-state index is 0. The van der Waals surface area contributed by atoms with E-state index in [0.29, 0.717) is 136 Å². The lowest BCUT2D eigenvalue weighted by molar-refractivity contribution is -0.146. The lowest BCUT2D eigenvalue weighted by Crippen LogP contribution is -2.53. The van der Waals surface area contributed by atoms with E-state index in [4.69, 9.17) is 39.3 Å². The van der Waals surface area contributed by atoms with Crippen LogP contribution in [-0.4, -0.2) is 245 Å². The summed E-state index contributed by atoms with van der Waals surface area (Å²) in [5, 5.41) is 36.1. The number of carboxylic acid groups (broad SMARTS) is 1. The number of carboxylic acids is 1. The molecule has 36 nitrogen and oxygen atoms in total. The van der Waals surface area contributed by atoms with Gasteiger partial charge in [0.15, 0.2) is 0 Å². The Morgan fingerprint density at radius 1 is 0.408 bits per heavy atom. The van der Waals surface area contributed by atoms with Crippen LogP contribution in [0.2, 0.25) is 0 Å². The number of nitriles is 1. The molecule has 8 aliphatic rings. The summed E-state index contributed by atoms with van der Waals surface area (Å²) < 4.78 is 31.1. The van der Waals surface area contributed by atoms with Crippen molar-refractivity contribution in [2.75, 3.05) is 68.8 Å². The third kappa shape index (κ3) is 27.8. The zero-order valence-corrected chi connectivity index (χ0v) is 88.6. The van der Waals surface area contributed by atoms with E-state index >= 15 is 0 Å². The number of esters is 2. The molecule has 16 atom stereocenters. The molecule has 4 saturated heterocycles. The van der Waals surface area contributed by atoms with Crippen molar-refractivity contribution < 1.29 is 105 Å². The van der Waals surface area contributed by atoms with Gasteiger partial charge in [-0.15, -0.1) is 12.4 Å². The number of amides is 8. The quantitative estimate of drug-likeness (QED) is 0.0213. The molecule has 0 spiro atoms. The summed E-state index contributed by atoms with van der Waals surface area (Å²) in [6.45, 7) is 27.5. The number of nitrogens with zero attached hydrogens (tertiary/aromatic N) is 4. The van der Waals surface area contributed by atoms with Gasteiger partial charge in [0.1, 0.15) is 111 Å². The average Bonchev–Trinajstić information content (AvgIpc) is 1.63. The van der Waals surface area contributed by atoms with Gasteiger partial charge in [-0.1, -0.05) is 107 Å². The number of primary amides is 1. The number of carbonyl (C=O) groups is 15. The maximum Gasteiger partial charge on any atom is 0.352 e. The number of hydrogen-bond acceptors (Lipinski definition) is 23. The molecule has 8 amide bonds. The highest BCUT2D eigenvalue weighted by Gasteiger charge is 2.50. The second-order valence-corrected chi connectivity index (χ2v) is 44.3. The van der Waals surface area contributed by atoms with E-state index in [1.54, 1.807) is 73.5 Å². The van der Waals surface area contributed by atoms with E-state index in [0.717, 1.165) is 95.1 Å². The molecule has 16 rings (SSSR count). The van der Waals surface area contributed by atoms with Crippen LogP contribution in [0.3, 0.4) is 0 Å². The smallest absolute Gasteiger partial charge is 0.352 e. The first-order chi connectivity index (χ1) is 69.1. The summed E-state index contributed by atoms with van der Waals surface area (Å²) in [5.41, 5.74) is 9.76. The van der Waals surface area contributed by atoms with Crippen LogP contribution >= 0.6 is 12.4 Å². The van der Waals surface area contributed by atoms with Crippen LogP contribution in [0.25, 0.3) is 43.6 Å². The average molecular weight is 2050 g/mol. The van der Waals surface area contributed by atoms with E-state index in [1.807, 2.05) is 66.7 Å². The zero-order valence-electron chi connectivity index (χ0n) is 87.7. The molecule has 37 heteroatoms. The first-order valence-corrected chi connectivity index (χ1v) is 50.8. The number of nitrogens with one attached hydrogen (secondary N) is 9. The van der Waals surface area contributed by atoms with Gasteiger partial charge >= 0.3 is 17.9 Å². The van der Waals surface area contributed by atoms with Gasteiger partial charge in [-0.25, -0.2) is 14.4 Å². The number of likely N-dealkylation sites (tertiary alicyclic amines) is 3. The molecule has 4 saturated carbocycles. The standard InChI is InChI=1S/C28H37N3O6.C27H36N4O5.C27H34N4O4.C18H30N2O4.C10H9NO3.ClH/c1-28(2,3)17-13-22(25(33)30-21(27(35)37-5)12-16-8-6-10-23(16)32)31(15-17)26(34)20-14-18-19(29-20)9-7-11-24(18)36-4;1-27(2,3)16-12-21(25(34)30-19(24(28)33)11-15-7-5-9-22(15)32)31(14-16)26(35)20-13-17-18(29-20)8-6-10-23(17)36-4;1-27(2,3)17-12-22(25(33)29-18(14-28)11-16-7-5-9-23(16)32)31(15-17)26(34)21-13-19-20(30-21)8-6-10-24(19)35-4;1-18(2,3)12-9-13(19-10-12)16(22)20-14(17(23)24-4)8-11-6-5-7-15(11)21;1-14-9-4-2-3-7-6(9)5-8(11-7)10(12)13;/h7,9,11,14,16-17,21-22,29H,6,8,10,12-13,15H2,1-5H3,(H,30,33);6,8,10,13,15-16,19,21,29H,5,7,9,11-12,14H2,1-4H3,(H2,28,33)(H,30,34);6,8,10,13,16-18,22,30H,5,7,9,11-12,15H2,1-4H3,(H,29,33);11-14,19H,5-10H2,1-4H3,(H,20,22);2-5,11H,1H3,(H,12,13);1H/t16-,17+,21-,22-;15-,16+,19-,21-;16-,17+,18-,22-;11-,12+,13-,14-;;/m0000../s1. The SMILES string of the molecule is COC(=O)[C@H](C[C@@H]1CCCC1=O)NC(=O)[C@@H]1C[C@@H](C(C)(C)C)CN1.COC(=O)[C@H](C[C@@H]1CCCC1=O)NC(=O)[C@@H]1C[C@@H](C(C)(C)C)CN1C(=O)c1cc2c(OC)cccc2[nH]1.COc1cccc2[nH]c(C(=O)N3C[C@H](C(C)(C)C)C[C@H]3C(=O)N[C@@H](C[C@@H]3CCCC3=O)C(N)=O)cc12.COc1cccc2[nH]c(C(=O)N3C[C@H](C(C)(C)C)C[C@H]3C(=O)N[C@H](C#N)C[C@@H]3CCCC3=O)cc12.COc1cccc2[nH]c(C(=O)O)cc12.Cl. The highest BCUT2D eigenvalue weighted by Crippen LogP contribution is 2.44. The first-order valence-electron chi connectivity index (χ1n) is 50.8. The van der Waals surface area contributed by atoms with Crippen LogP contribution in [0.1, 0.15) is 253 Å². The fraction of sp³-hybridized carbons (Fsp3) is 0.564. The van der Waals surface area contributed by atoms with Gasteiger partial charge in [-0.05, 0) is 227 Å². The molecule has 12 N–H and O–H groups in total. The molecule has 8 fully saturated rings. The van der Waals surface area contributed by atoms with Crippen LogP contribution in [0.15, 0.2) is 97.1 Å². The van der Waals surface area contributed by atoms with Crippen LogP contribution in [0.4, 0.5) is 0 Å². The number of carbonyl (C=O) groups excluding carboxylic acids is 14. The van der Waals surface area contributed by atoms with Crippen molar-refractivity contribution in [3.05, 3.63) is 120 Å². The van der Waals surface area contributed by atoms with Crippen LogP contribution in [0.5, 0.6) is 23.0 Å². The van der Waals surface area contributed by atoms with Gasteiger partial charge in [-0.2, -0.15) is 5.26 Å². The predicted octanol–water partition coefficient (Wildman–Crippen LogP) is 13.8. The number of fused-ring (bicyclic) bond motifs is 4. The molecule has 0 bridgehead atoms. The molecule has 796 valence electrons. The number of ketones is 4. The Balaban J connectivity index is 0.000000179. The van der Waals surface area contributed by atoms with Gasteiger partial charge < -0.3 is 100 Å². The Hall–Kier alpha value is -13.2. The molecule has 0 radical (unpaired) electrons. The molecule has 8 heterocycles. The maximum absolute atomic E-state index is 13.7. The summed E-state index contributed by atoms with van der Waals surface area (Å²) in [7, 11) is 8.87. The van der Waals surface area contributed by atoms with Crippen molar-refractivity contribution in [3.8, 4) is 29.1 Å². The third-order valence-electron chi connectivity index (χ3n) is 30.8. The van der Waals surface area contributed by atoms with Crippen molar-refractivity contribution in [1.29, 1.82) is 5.26 Å². The molecule has 4 aliphatic carbocycles. The number of aromatic amines is 4. The largest absolute Gasteiger partial charge is 0.496 e. The summed E-state index contributed by atoms with van der Waals surface area (Å²) in [4.78, 5) is 207. The summed E-state index contributed by atoms with van der Waals surface area (Å²) in [6, 6.07) is 25.1. The van der Waals surface area contributed by atoms with Crippen molar-refractivity contribution in [1.82, 2.24) is 61.2 Å². The Bertz CT molecular complexity index is 6200. The summed E-state index contributed by atoms with van der Waals surface area (Å²) in [6.07, 6.45) is 11.6. The van der Waals surface area contributed by atoms with Gasteiger partial charge in [-0.3, -0.25) is 57.5 Å². The number of H-pyrrole nitrogens is 4.